The quantitative estimate of drug-likeness (QED) is 0.301. The van der Waals surface area contributed by atoms with Gasteiger partial charge in [0.2, 0.25) is 11.1 Å². The highest BCUT2D eigenvalue weighted by molar-refractivity contribution is 7.99. The van der Waals surface area contributed by atoms with E-state index in [1.807, 2.05) is 92.7 Å². The molecule has 0 aliphatic rings. The number of carbonyl (C=O) groups excluding carboxylic acids is 1. The summed E-state index contributed by atoms with van der Waals surface area (Å²) in [5, 5.41) is 11.1. The average molecular weight is 474 g/mol. The van der Waals surface area contributed by atoms with Crippen molar-refractivity contribution in [2.75, 3.05) is 23.1 Å². The number of H-pyrrole nitrogens is 1. The molecule has 0 saturated heterocycles. The molecule has 0 radical (unpaired) electrons. The molecule has 174 valence electrons. The van der Waals surface area contributed by atoms with E-state index in [4.69, 9.17) is 4.74 Å². The fourth-order valence-corrected chi connectivity index (χ4v) is 4.17. The highest BCUT2D eigenvalue weighted by Crippen LogP contribution is 2.25. The van der Waals surface area contributed by atoms with Crippen LogP contribution in [0.5, 0.6) is 5.75 Å². The molecule has 4 aromatic rings. The van der Waals surface area contributed by atoms with E-state index >= 15 is 0 Å². The molecule has 0 aliphatic heterocycles. The molecule has 0 spiro atoms. The number of hydrogen-bond acceptors (Lipinski definition) is 6. The number of anilines is 3. The molecule has 1 amide bonds. The van der Waals surface area contributed by atoms with Gasteiger partial charge in [0, 0.05) is 28.7 Å². The molecule has 1 aromatic heterocycles. The Morgan fingerprint density at radius 1 is 1.00 bits per heavy atom. The van der Waals surface area contributed by atoms with Crippen LogP contribution in [0.4, 0.5) is 17.1 Å². The van der Waals surface area contributed by atoms with Gasteiger partial charge in [-0.05, 0) is 74.5 Å². The molecular formula is C26H27N5O2S. The van der Waals surface area contributed by atoms with Gasteiger partial charge in [-0.25, -0.2) is 4.98 Å². The number of thioether (sulfide) groups is 1. The molecule has 0 aliphatic carbocycles. The zero-order valence-electron chi connectivity index (χ0n) is 19.4. The standard InChI is InChI=1S/C26H27N5O2S/c1-18(2)31(22-13-11-21(12-14-22)27-20-7-5-4-6-8-20)24(32)17-34-26-28-25(29-30-26)19-9-15-23(33-3)16-10-19/h4-16,18,27H,17H2,1-3H3,(H,28,29,30). The van der Waals surface area contributed by atoms with Crippen LogP contribution >= 0.6 is 11.8 Å². The summed E-state index contributed by atoms with van der Waals surface area (Å²) in [5.41, 5.74) is 3.74. The molecule has 7 nitrogen and oxygen atoms in total. The zero-order chi connectivity index (χ0) is 23.9. The topological polar surface area (TPSA) is 83.1 Å². The number of carbonyl (C=O) groups is 1. The van der Waals surface area contributed by atoms with Crippen molar-refractivity contribution in [2.24, 2.45) is 0 Å². The molecule has 34 heavy (non-hydrogen) atoms. The molecule has 8 heteroatoms. The summed E-state index contributed by atoms with van der Waals surface area (Å²) < 4.78 is 5.19. The average Bonchev–Trinajstić information content (AvgIpc) is 3.34. The Morgan fingerprint density at radius 2 is 1.68 bits per heavy atom. The van der Waals surface area contributed by atoms with Crippen LogP contribution in [-0.2, 0) is 4.79 Å². The Bertz CT molecular complexity index is 1210. The first kappa shape index (κ1) is 23.4. The van der Waals surface area contributed by atoms with E-state index in [2.05, 4.69) is 20.5 Å². The van der Waals surface area contributed by atoms with Gasteiger partial charge in [0.1, 0.15) is 5.75 Å². The number of nitrogens with one attached hydrogen (secondary N) is 2. The Balaban J connectivity index is 1.39. The van der Waals surface area contributed by atoms with Crippen LogP contribution in [0.25, 0.3) is 11.4 Å². The van der Waals surface area contributed by atoms with E-state index in [9.17, 15) is 4.79 Å². The number of amides is 1. The van der Waals surface area contributed by atoms with Crippen LogP contribution in [0.15, 0.2) is 84.0 Å². The van der Waals surface area contributed by atoms with Gasteiger partial charge in [-0.15, -0.1) is 5.10 Å². The van der Waals surface area contributed by atoms with Crippen LogP contribution < -0.4 is 15.0 Å². The van der Waals surface area contributed by atoms with Crippen molar-refractivity contribution in [3.8, 4) is 17.1 Å². The minimum absolute atomic E-state index is 0.000402. The van der Waals surface area contributed by atoms with Crippen LogP contribution in [0.1, 0.15) is 13.8 Å². The van der Waals surface area contributed by atoms with E-state index in [0.29, 0.717) is 11.0 Å². The number of rotatable bonds is 9. The molecule has 0 unspecified atom stereocenters. The van der Waals surface area contributed by atoms with E-state index in [0.717, 1.165) is 28.4 Å². The van der Waals surface area contributed by atoms with Crippen LogP contribution in [0.2, 0.25) is 0 Å². The van der Waals surface area contributed by atoms with Crippen molar-refractivity contribution in [2.45, 2.75) is 25.0 Å². The fraction of sp³-hybridized carbons (Fsp3) is 0.192. The van der Waals surface area contributed by atoms with Crippen molar-refractivity contribution in [1.82, 2.24) is 15.2 Å². The second kappa shape index (κ2) is 10.9. The lowest BCUT2D eigenvalue weighted by atomic mass is 10.2. The SMILES string of the molecule is COc1ccc(-c2nc(SCC(=O)N(c3ccc(Nc4ccccc4)cc3)C(C)C)n[nH]2)cc1. The molecule has 0 saturated carbocycles. The van der Waals surface area contributed by atoms with E-state index in [-0.39, 0.29) is 17.7 Å². The normalized spacial score (nSPS) is 10.8. The Hall–Kier alpha value is -3.78. The molecule has 1 heterocycles. The van der Waals surface area contributed by atoms with Crippen LogP contribution in [-0.4, -0.2) is 40.0 Å². The molecule has 0 bridgehead atoms. The van der Waals surface area contributed by atoms with Crippen molar-refractivity contribution in [3.63, 3.8) is 0 Å². The zero-order valence-corrected chi connectivity index (χ0v) is 20.2. The summed E-state index contributed by atoms with van der Waals surface area (Å²) in [6, 6.07) is 25.4. The summed E-state index contributed by atoms with van der Waals surface area (Å²) in [5.74, 6) is 1.67. The highest BCUT2D eigenvalue weighted by atomic mass is 32.2. The van der Waals surface area contributed by atoms with Gasteiger partial charge in [0.15, 0.2) is 5.82 Å². The molecular weight excluding hydrogens is 446 g/mol. The largest absolute Gasteiger partial charge is 0.497 e. The minimum Gasteiger partial charge on any atom is -0.497 e. The summed E-state index contributed by atoms with van der Waals surface area (Å²) in [7, 11) is 1.63. The summed E-state index contributed by atoms with van der Waals surface area (Å²) in [6.45, 7) is 4.01. The molecule has 3 aromatic carbocycles. The third-order valence-corrected chi connectivity index (χ3v) is 5.98. The predicted octanol–water partition coefficient (Wildman–Crippen LogP) is 5.76. The predicted molar refractivity (Wildman–Crippen MR) is 138 cm³/mol. The Kier molecular flexibility index (Phi) is 7.49. The Labute approximate surface area is 203 Å². The smallest absolute Gasteiger partial charge is 0.237 e. The van der Waals surface area contributed by atoms with Gasteiger partial charge >= 0.3 is 0 Å². The van der Waals surface area contributed by atoms with E-state index in [1.165, 1.54) is 11.8 Å². The first-order valence-corrected chi connectivity index (χ1v) is 12.0. The minimum atomic E-state index is -0.000402. The Morgan fingerprint density at radius 3 is 2.32 bits per heavy atom. The van der Waals surface area contributed by atoms with Crippen LogP contribution in [0.3, 0.4) is 0 Å². The first-order valence-electron chi connectivity index (χ1n) is 11.0. The number of benzene rings is 3. The highest BCUT2D eigenvalue weighted by Gasteiger charge is 2.20. The van der Waals surface area contributed by atoms with Crippen molar-refractivity contribution in [3.05, 3.63) is 78.9 Å². The fourth-order valence-electron chi connectivity index (χ4n) is 3.51. The lowest BCUT2D eigenvalue weighted by Gasteiger charge is -2.27. The van der Waals surface area contributed by atoms with Gasteiger partial charge < -0.3 is 15.0 Å². The lowest BCUT2D eigenvalue weighted by molar-refractivity contribution is -0.116. The van der Waals surface area contributed by atoms with Gasteiger partial charge in [0.05, 0.1) is 12.9 Å². The van der Waals surface area contributed by atoms with E-state index < -0.39 is 0 Å². The lowest BCUT2D eigenvalue weighted by Crippen LogP contribution is -2.38. The second-order valence-electron chi connectivity index (χ2n) is 7.88. The van der Waals surface area contributed by atoms with Gasteiger partial charge in [-0.2, -0.15) is 0 Å². The maximum absolute atomic E-state index is 13.1. The number of aromatic amines is 1. The van der Waals surface area contributed by atoms with Crippen molar-refractivity contribution < 1.29 is 9.53 Å². The van der Waals surface area contributed by atoms with Crippen LogP contribution in [0, 0.1) is 0 Å². The monoisotopic (exact) mass is 473 g/mol. The summed E-state index contributed by atoms with van der Waals surface area (Å²) in [4.78, 5) is 19.4. The maximum atomic E-state index is 13.1. The summed E-state index contributed by atoms with van der Waals surface area (Å²) >= 11 is 1.32. The number of hydrogen-bond donors (Lipinski definition) is 2. The maximum Gasteiger partial charge on any atom is 0.237 e. The molecule has 4 rings (SSSR count). The first-order chi connectivity index (χ1) is 16.5. The third-order valence-electron chi connectivity index (χ3n) is 5.15. The number of aromatic nitrogens is 3. The number of para-hydroxylation sites is 1. The molecule has 0 fully saturated rings. The van der Waals surface area contributed by atoms with Gasteiger partial charge in [-0.3, -0.25) is 9.89 Å². The van der Waals surface area contributed by atoms with E-state index in [1.54, 1.807) is 12.0 Å². The van der Waals surface area contributed by atoms with Crippen molar-refractivity contribution >= 4 is 34.7 Å². The number of methoxy groups -OCH3 is 1. The number of ether oxygens (including phenoxy) is 1. The number of nitrogens with zero attached hydrogens (tertiary/aromatic N) is 3. The third kappa shape index (κ3) is 5.77. The second-order valence-corrected chi connectivity index (χ2v) is 8.82. The van der Waals surface area contributed by atoms with Crippen molar-refractivity contribution in [1.29, 1.82) is 0 Å². The van der Waals surface area contributed by atoms with Gasteiger partial charge in [-0.1, -0.05) is 30.0 Å². The summed E-state index contributed by atoms with van der Waals surface area (Å²) in [6.07, 6.45) is 0. The van der Waals surface area contributed by atoms with Gasteiger partial charge in [0.25, 0.3) is 0 Å². The molecule has 2 N–H and O–H groups in total. The molecule has 0 atom stereocenters.